The lowest BCUT2D eigenvalue weighted by Crippen LogP contribution is -2.53. The zero-order valence-electron chi connectivity index (χ0n) is 23.4. The maximum Gasteiger partial charge on any atom is 0.259 e. The lowest BCUT2D eigenvalue weighted by Gasteiger charge is -2.36. The van der Waals surface area contributed by atoms with Crippen LogP contribution in [-0.2, 0) is 16.0 Å². The number of para-hydroxylation sites is 1. The fourth-order valence-electron chi connectivity index (χ4n) is 6.48. The largest absolute Gasteiger partial charge is 0.366 e. The van der Waals surface area contributed by atoms with E-state index < -0.39 is 11.9 Å². The van der Waals surface area contributed by atoms with Crippen molar-refractivity contribution in [2.75, 3.05) is 36.0 Å². The summed E-state index contributed by atoms with van der Waals surface area (Å²) < 4.78 is 14.2. The minimum Gasteiger partial charge on any atom is -0.366 e. The SMILES string of the molecule is O=C1CCC(N2C(=O)c3cccc4c(Cc5ccc(C(=O)N6CCN(c7ccccc7F)CC6)cc5)ccc2c34)C(=O)N1. The molecule has 0 bridgehead atoms. The van der Waals surface area contributed by atoms with Crippen LogP contribution in [-0.4, -0.2) is 60.7 Å². The molecule has 4 aromatic carbocycles. The third kappa shape index (κ3) is 4.70. The molecule has 2 saturated heterocycles. The van der Waals surface area contributed by atoms with Gasteiger partial charge in [-0.2, -0.15) is 0 Å². The second-order valence-corrected chi connectivity index (χ2v) is 11.2. The summed E-state index contributed by atoms with van der Waals surface area (Å²) in [6, 6.07) is 23.0. The van der Waals surface area contributed by atoms with Gasteiger partial charge < -0.3 is 9.80 Å². The summed E-state index contributed by atoms with van der Waals surface area (Å²) in [5.41, 5.74) is 4.46. The van der Waals surface area contributed by atoms with E-state index >= 15 is 0 Å². The smallest absolute Gasteiger partial charge is 0.259 e. The van der Waals surface area contributed by atoms with Crippen molar-refractivity contribution < 1.29 is 23.6 Å². The number of rotatable bonds is 5. The van der Waals surface area contributed by atoms with Gasteiger partial charge in [0.15, 0.2) is 0 Å². The van der Waals surface area contributed by atoms with Gasteiger partial charge >= 0.3 is 0 Å². The molecular formula is C34H29FN4O4. The third-order valence-corrected chi connectivity index (χ3v) is 8.69. The quantitative estimate of drug-likeness (QED) is 0.358. The van der Waals surface area contributed by atoms with Gasteiger partial charge in [0.2, 0.25) is 11.8 Å². The molecule has 0 aliphatic carbocycles. The van der Waals surface area contributed by atoms with E-state index in [9.17, 15) is 23.6 Å². The molecule has 3 aliphatic rings. The number of carbonyl (C=O) groups is 4. The summed E-state index contributed by atoms with van der Waals surface area (Å²) >= 11 is 0. The molecule has 8 nitrogen and oxygen atoms in total. The first-order chi connectivity index (χ1) is 20.9. The average Bonchev–Trinajstić information content (AvgIpc) is 3.31. The topological polar surface area (TPSA) is 90.0 Å². The maximum atomic E-state index is 14.2. The second-order valence-electron chi connectivity index (χ2n) is 11.2. The third-order valence-electron chi connectivity index (χ3n) is 8.69. The molecule has 9 heteroatoms. The number of hydrogen-bond acceptors (Lipinski definition) is 5. The molecule has 1 N–H and O–H groups in total. The molecule has 4 aromatic rings. The molecule has 0 spiro atoms. The predicted molar refractivity (Wildman–Crippen MR) is 161 cm³/mol. The molecular weight excluding hydrogens is 547 g/mol. The summed E-state index contributed by atoms with van der Waals surface area (Å²) in [6.07, 6.45) is 1.09. The number of nitrogens with one attached hydrogen (secondary N) is 1. The minimum atomic E-state index is -0.723. The second kappa shape index (κ2) is 10.7. The number of amides is 4. The van der Waals surface area contributed by atoms with Gasteiger partial charge in [-0.1, -0.05) is 42.5 Å². The minimum absolute atomic E-state index is 0.0443. The Morgan fingerprint density at radius 3 is 2.35 bits per heavy atom. The van der Waals surface area contributed by atoms with E-state index in [-0.39, 0.29) is 30.0 Å². The summed E-state index contributed by atoms with van der Waals surface area (Å²) in [6.45, 7) is 2.17. The highest BCUT2D eigenvalue weighted by molar-refractivity contribution is 6.27. The van der Waals surface area contributed by atoms with Crippen LogP contribution in [0.15, 0.2) is 78.9 Å². The molecule has 0 saturated carbocycles. The normalized spacial score (nSPS) is 18.4. The Kier molecular flexibility index (Phi) is 6.65. The number of anilines is 2. The van der Waals surface area contributed by atoms with Gasteiger partial charge in [-0.25, -0.2) is 4.39 Å². The highest BCUT2D eigenvalue weighted by Crippen LogP contribution is 2.41. The molecule has 7 rings (SSSR count). The number of benzene rings is 4. The Balaban J connectivity index is 1.07. The first-order valence-corrected chi connectivity index (χ1v) is 14.5. The fraction of sp³-hybridized carbons (Fsp3) is 0.235. The van der Waals surface area contributed by atoms with E-state index in [0.29, 0.717) is 61.5 Å². The van der Waals surface area contributed by atoms with Crippen molar-refractivity contribution in [2.24, 2.45) is 0 Å². The summed E-state index contributed by atoms with van der Waals surface area (Å²) in [4.78, 5) is 56.2. The number of piperidine rings is 1. The number of carbonyl (C=O) groups excluding carboxylic acids is 4. The zero-order chi connectivity index (χ0) is 29.7. The standard InChI is InChI=1S/C34H29FN4O4/c35-26-6-1-2-7-27(26)37-16-18-38(19-17-37)33(42)22-10-8-21(9-11-22)20-23-12-13-28-31-24(23)4-3-5-25(31)34(43)39(28)29-14-15-30(40)36-32(29)41/h1-13,29H,14-20H2,(H,36,40,41). The number of piperazine rings is 1. The van der Waals surface area contributed by atoms with Gasteiger partial charge in [0, 0.05) is 49.1 Å². The Morgan fingerprint density at radius 2 is 1.60 bits per heavy atom. The average molecular weight is 577 g/mol. The van der Waals surface area contributed by atoms with Gasteiger partial charge in [-0.3, -0.25) is 29.4 Å². The van der Waals surface area contributed by atoms with Crippen LogP contribution in [0, 0.1) is 5.82 Å². The van der Waals surface area contributed by atoms with E-state index in [1.165, 1.54) is 11.0 Å². The van der Waals surface area contributed by atoms with Gasteiger partial charge in [-0.15, -0.1) is 0 Å². The molecule has 1 atom stereocenters. The van der Waals surface area contributed by atoms with E-state index in [4.69, 9.17) is 0 Å². The van der Waals surface area contributed by atoms with Crippen LogP contribution < -0.4 is 15.1 Å². The zero-order valence-corrected chi connectivity index (χ0v) is 23.4. The first-order valence-electron chi connectivity index (χ1n) is 14.5. The molecule has 3 aliphatic heterocycles. The van der Waals surface area contributed by atoms with Gasteiger partial charge in [0.1, 0.15) is 11.9 Å². The first kappa shape index (κ1) is 26.8. The monoisotopic (exact) mass is 576 g/mol. The van der Waals surface area contributed by atoms with Crippen molar-refractivity contribution in [1.29, 1.82) is 0 Å². The lowest BCUT2D eigenvalue weighted by atomic mass is 9.95. The van der Waals surface area contributed by atoms with Crippen molar-refractivity contribution in [2.45, 2.75) is 25.3 Å². The fourth-order valence-corrected chi connectivity index (χ4v) is 6.48. The van der Waals surface area contributed by atoms with Gasteiger partial charge in [0.05, 0.1) is 11.4 Å². The molecule has 0 radical (unpaired) electrons. The number of hydrogen-bond donors (Lipinski definition) is 1. The molecule has 43 heavy (non-hydrogen) atoms. The van der Waals surface area contributed by atoms with E-state index in [2.05, 4.69) is 5.32 Å². The summed E-state index contributed by atoms with van der Waals surface area (Å²) in [5.74, 6) is -1.30. The maximum absolute atomic E-state index is 14.2. The van der Waals surface area contributed by atoms with Gasteiger partial charge in [0.25, 0.3) is 11.8 Å². The van der Waals surface area contributed by atoms with E-state index in [1.807, 2.05) is 59.5 Å². The predicted octanol–water partition coefficient (Wildman–Crippen LogP) is 4.30. The van der Waals surface area contributed by atoms with E-state index in [0.717, 1.165) is 21.9 Å². The van der Waals surface area contributed by atoms with Crippen LogP contribution in [0.5, 0.6) is 0 Å². The van der Waals surface area contributed by atoms with Crippen molar-refractivity contribution >= 4 is 45.8 Å². The van der Waals surface area contributed by atoms with Crippen LogP contribution in [0.4, 0.5) is 15.8 Å². The van der Waals surface area contributed by atoms with Crippen LogP contribution in [0.25, 0.3) is 10.8 Å². The van der Waals surface area contributed by atoms with Crippen molar-refractivity contribution in [3.8, 4) is 0 Å². The number of nitrogens with zero attached hydrogens (tertiary/aromatic N) is 3. The Bertz CT molecular complexity index is 1800. The molecule has 0 aromatic heterocycles. The Morgan fingerprint density at radius 1 is 0.837 bits per heavy atom. The lowest BCUT2D eigenvalue weighted by molar-refractivity contribution is -0.134. The van der Waals surface area contributed by atoms with Gasteiger partial charge in [-0.05, 0) is 65.8 Å². The Labute approximate surface area is 247 Å². The molecule has 1 unspecified atom stereocenters. The molecule has 4 amide bonds. The Hall–Kier alpha value is -5.05. The molecule has 2 fully saturated rings. The molecule has 3 heterocycles. The van der Waals surface area contributed by atoms with E-state index in [1.54, 1.807) is 23.1 Å². The highest BCUT2D eigenvalue weighted by atomic mass is 19.1. The number of halogens is 1. The number of imide groups is 1. The summed E-state index contributed by atoms with van der Waals surface area (Å²) in [7, 11) is 0. The van der Waals surface area contributed by atoms with Crippen LogP contribution >= 0.6 is 0 Å². The van der Waals surface area contributed by atoms with Crippen molar-refractivity contribution in [1.82, 2.24) is 10.2 Å². The van der Waals surface area contributed by atoms with Crippen molar-refractivity contribution in [3.63, 3.8) is 0 Å². The summed E-state index contributed by atoms with van der Waals surface area (Å²) in [5, 5.41) is 4.11. The highest BCUT2D eigenvalue weighted by Gasteiger charge is 2.40. The van der Waals surface area contributed by atoms with Crippen LogP contribution in [0.2, 0.25) is 0 Å². The van der Waals surface area contributed by atoms with Crippen molar-refractivity contribution in [3.05, 3.63) is 107 Å². The van der Waals surface area contributed by atoms with Crippen LogP contribution in [0.3, 0.4) is 0 Å². The molecule has 216 valence electrons. The van der Waals surface area contributed by atoms with Crippen LogP contribution in [0.1, 0.15) is 44.7 Å².